The van der Waals surface area contributed by atoms with Gasteiger partial charge in [0.2, 0.25) is 11.8 Å². The third-order valence-electron chi connectivity index (χ3n) is 6.59. The Bertz CT molecular complexity index is 1010. The van der Waals surface area contributed by atoms with Crippen LogP contribution in [0.15, 0.2) is 42.5 Å². The first-order valence-electron chi connectivity index (χ1n) is 12.6. The first-order valence-corrected chi connectivity index (χ1v) is 13.1. The molecule has 2 aromatic rings. The Morgan fingerprint density at radius 1 is 1.11 bits per heavy atom. The van der Waals surface area contributed by atoms with Gasteiger partial charge in [-0.15, -0.1) is 11.6 Å². The van der Waals surface area contributed by atoms with Crippen LogP contribution < -0.4 is 14.8 Å². The van der Waals surface area contributed by atoms with Crippen LogP contribution in [0.25, 0.3) is 0 Å². The Hall–Kier alpha value is -2.80. The molecule has 6 nitrogen and oxygen atoms in total. The van der Waals surface area contributed by atoms with Gasteiger partial charge in [0.05, 0.1) is 13.7 Å². The molecular formula is C28H36ClFN2O4. The zero-order chi connectivity index (χ0) is 26.1. The van der Waals surface area contributed by atoms with E-state index in [2.05, 4.69) is 12.2 Å². The molecule has 36 heavy (non-hydrogen) atoms. The summed E-state index contributed by atoms with van der Waals surface area (Å²) in [4.78, 5) is 28.3. The Morgan fingerprint density at radius 3 is 2.42 bits per heavy atom. The standard InChI is InChI=1S/C28H36ClFN2O4/c1-4-15-36-24-14-9-21(16-25(24)35-3)27(28(34)31-23-12-5-19(2)6-13-23)32(26(33)17-29)18-20-7-10-22(30)11-8-20/h7-11,14,16,19,23,27H,4-6,12-13,15,17-18H2,1-3H3,(H,31,34). The number of nitrogens with one attached hydrogen (secondary N) is 1. The van der Waals surface area contributed by atoms with Gasteiger partial charge < -0.3 is 19.7 Å². The molecular weight excluding hydrogens is 483 g/mol. The molecule has 0 heterocycles. The summed E-state index contributed by atoms with van der Waals surface area (Å²) in [7, 11) is 1.54. The lowest BCUT2D eigenvalue weighted by Gasteiger charge is -2.34. The van der Waals surface area contributed by atoms with Gasteiger partial charge in [0.1, 0.15) is 17.7 Å². The highest BCUT2D eigenvalue weighted by molar-refractivity contribution is 6.27. The van der Waals surface area contributed by atoms with Crippen molar-refractivity contribution in [2.75, 3.05) is 19.6 Å². The number of nitrogens with zero attached hydrogens (tertiary/aromatic N) is 1. The summed E-state index contributed by atoms with van der Waals surface area (Å²) in [6, 6.07) is 10.2. The number of halogens is 2. The fourth-order valence-electron chi connectivity index (χ4n) is 4.53. The molecule has 2 aromatic carbocycles. The van der Waals surface area contributed by atoms with Crippen LogP contribution >= 0.6 is 11.6 Å². The van der Waals surface area contributed by atoms with E-state index >= 15 is 0 Å². The van der Waals surface area contributed by atoms with E-state index in [1.54, 1.807) is 30.3 Å². The van der Waals surface area contributed by atoms with Crippen LogP contribution in [0.5, 0.6) is 11.5 Å². The molecule has 196 valence electrons. The Labute approximate surface area is 218 Å². The molecule has 1 aliphatic rings. The minimum absolute atomic E-state index is 0.0454. The van der Waals surface area contributed by atoms with Gasteiger partial charge in [-0.05, 0) is 73.4 Å². The van der Waals surface area contributed by atoms with Crippen LogP contribution in [0, 0.1) is 11.7 Å². The van der Waals surface area contributed by atoms with Crippen molar-refractivity contribution < 1.29 is 23.5 Å². The smallest absolute Gasteiger partial charge is 0.247 e. The van der Waals surface area contributed by atoms with Crippen molar-refractivity contribution in [1.29, 1.82) is 0 Å². The second-order valence-corrected chi connectivity index (χ2v) is 9.68. The zero-order valence-electron chi connectivity index (χ0n) is 21.3. The minimum Gasteiger partial charge on any atom is -0.493 e. The van der Waals surface area contributed by atoms with Crippen molar-refractivity contribution in [3.63, 3.8) is 0 Å². The summed E-state index contributed by atoms with van der Waals surface area (Å²) in [6.07, 6.45) is 4.73. The second-order valence-electron chi connectivity index (χ2n) is 9.41. The van der Waals surface area contributed by atoms with Crippen LogP contribution in [0.1, 0.15) is 63.1 Å². The van der Waals surface area contributed by atoms with E-state index in [0.717, 1.165) is 32.1 Å². The Morgan fingerprint density at radius 2 is 1.81 bits per heavy atom. The topological polar surface area (TPSA) is 67.9 Å². The number of ether oxygens (including phenoxy) is 2. The molecule has 0 radical (unpaired) electrons. The lowest BCUT2D eigenvalue weighted by atomic mass is 9.87. The highest BCUT2D eigenvalue weighted by atomic mass is 35.5. The molecule has 3 rings (SSSR count). The predicted octanol–water partition coefficient (Wildman–Crippen LogP) is 5.63. The minimum atomic E-state index is -0.949. The van der Waals surface area contributed by atoms with Crippen molar-refractivity contribution >= 4 is 23.4 Å². The number of rotatable bonds is 11. The van der Waals surface area contributed by atoms with Gasteiger partial charge in [0.25, 0.3) is 0 Å². The van der Waals surface area contributed by atoms with Gasteiger partial charge in [-0.3, -0.25) is 9.59 Å². The maximum Gasteiger partial charge on any atom is 0.247 e. The summed E-state index contributed by atoms with van der Waals surface area (Å²) in [6.45, 7) is 4.86. The first kappa shape index (κ1) is 27.8. The molecule has 1 N–H and O–H groups in total. The normalized spacial score (nSPS) is 18.2. The van der Waals surface area contributed by atoms with Crippen molar-refractivity contribution in [1.82, 2.24) is 10.2 Å². The lowest BCUT2D eigenvalue weighted by molar-refractivity contribution is -0.140. The number of methoxy groups -OCH3 is 1. The van der Waals surface area contributed by atoms with Crippen LogP contribution in [-0.2, 0) is 16.1 Å². The fraction of sp³-hybridized carbons (Fsp3) is 0.500. The highest BCUT2D eigenvalue weighted by Gasteiger charge is 2.33. The van der Waals surface area contributed by atoms with E-state index in [9.17, 15) is 14.0 Å². The summed E-state index contributed by atoms with van der Waals surface area (Å²) >= 11 is 6.00. The number of amides is 2. The molecule has 0 aliphatic heterocycles. The average molecular weight is 519 g/mol. The van der Waals surface area contributed by atoms with E-state index < -0.39 is 11.9 Å². The van der Waals surface area contributed by atoms with Crippen LogP contribution in [0.3, 0.4) is 0 Å². The number of alkyl halides is 1. The molecule has 0 bridgehead atoms. The van der Waals surface area contributed by atoms with Crippen molar-refractivity contribution in [3.05, 3.63) is 59.4 Å². The lowest BCUT2D eigenvalue weighted by Crippen LogP contribution is -2.47. The molecule has 8 heteroatoms. The van der Waals surface area contributed by atoms with Gasteiger partial charge in [0, 0.05) is 12.6 Å². The van der Waals surface area contributed by atoms with E-state index in [0.29, 0.717) is 35.2 Å². The van der Waals surface area contributed by atoms with Gasteiger partial charge in [-0.1, -0.05) is 32.0 Å². The van der Waals surface area contributed by atoms with E-state index in [1.807, 2.05) is 6.92 Å². The molecule has 2 amide bonds. The SMILES string of the molecule is CCCOc1ccc(C(C(=O)NC2CCC(C)CC2)N(Cc2ccc(F)cc2)C(=O)CCl)cc1OC. The fourth-order valence-corrected chi connectivity index (χ4v) is 4.68. The van der Waals surface area contributed by atoms with Crippen LogP contribution in [-0.4, -0.2) is 42.4 Å². The van der Waals surface area contributed by atoms with Gasteiger partial charge >= 0.3 is 0 Å². The monoisotopic (exact) mass is 518 g/mol. The van der Waals surface area contributed by atoms with Crippen LogP contribution in [0.2, 0.25) is 0 Å². The molecule has 1 saturated carbocycles. The number of hydrogen-bond acceptors (Lipinski definition) is 4. The largest absolute Gasteiger partial charge is 0.493 e. The maximum atomic E-state index is 13.8. The van der Waals surface area contributed by atoms with Gasteiger partial charge in [-0.2, -0.15) is 0 Å². The third-order valence-corrected chi connectivity index (χ3v) is 6.82. The molecule has 1 fully saturated rings. The molecule has 0 aromatic heterocycles. The van der Waals surface area contributed by atoms with Gasteiger partial charge in [0.15, 0.2) is 11.5 Å². The summed E-state index contributed by atoms with van der Waals surface area (Å²) < 4.78 is 24.8. The maximum absolute atomic E-state index is 13.8. The molecule has 0 spiro atoms. The predicted molar refractivity (Wildman–Crippen MR) is 139 cm³/mol. The first-order chi connectivity index (χ1) is 17.4. The van der Waals surface area contributed by atoms with Crippen LogP contribution in [0.4, 0.5) is 4.39 Å². The summed E-state index contributed by atoms with van der Waals surface area (Å²) in [5.41, 5.74) is 1.27. The molecule has 1 aliphatic carbocycles. The second kappa shape index (κ2) is 13.5. The highest BCUT2D eigenvalue weighted by Crippen LogP contribution is 2.34. The van der Waals surface area contributed by atoms with Crippen molar-refractivity contribution in [2.24, 2.45) is 5.92 Å². The number of benzene rings is 2. The Kier molecular flexibility index (Phi) is 10.4. The van der Waals surface area contributed by atoms with Crippen molar-refractivity contribution in [2.45, 2.75) is 64.6 Å². The zero-order valence-corrected chi connectivity index (χ0v) is 22.0. The molecule has 1 atom stereocenters. The summed E-state index contributed by atoms with van der Waals surface area (Å²) in [5.74, 6) is 0.343. The van der Waals surface area contributed by atoms with Gasteiger partial charge in [-0.25, -0.2) is 4.39 Å². The van der Waals surface area contributed by atoms with E-state index in [1.165, 1.54) is 24.1 Å². The quantitative estimate of drug-likeness (QED) is 0.392. The third kappa shape index (κ3) is 7.36. The summed E-state index contributed by atoms with van der Waals surface area (Å²) in [5, 5.41) is 3.17. The van der Waals surface area contributed by atoms with E-state index in [-0.39, 0.29) is 30.2 Å². The average Bonchev–Trinajstić information content (AvgIpc) is 2.89. The molecule has 0 saturated heterocycles. The van der Waals surface area contributed by atoms with E-state index in [4.69, 9.17) is 21.1 Å². The number of hydrogen-bond donors (Lipinski definition) is 1. The molecule has 1 unspecified atom stereocenters. The number of carbonyl (C=O) groups is 2. The van der Waals surface area contributed by atoms with Crippen molar-refractivity contribution in [3.8, 4) is 11.5 Å². The Balaban J connectivity index is 1.98. The number of carbonyl (C=O) groups excluding carboxylic acids is 2.